The van der Waals surface area contributed by atoms with E-state index in [2.05, 4.69) is 20.8 Å². The SMILES string of the molecule is CC(C)(C)O.CC(C)(C)O.CC(C)(C)O.CCCC[Si](O)(CCCC)CCCC.[Ti]. The van der Waals surface area contributed by atoms with Crippen molar-refractivity contribution < 1.29 is 41.8 Å². The van der Waals surface area contributed by atoms with E-state index in [0.717, 1.165) is 18.1 Å². The zero-order chi connectivity index (χ0) is 24.4. The van der Waals surface area contributed by atoms with Gasteiger partial charge in [0.25, 0.3) is 0 Å². The summed E-state index contributed by atoms with van der Waals surface area (Å²) in [5.41, 5.74) is -1.50. The Morgan fingerprint density at radius 1 is 0.500 bits per heavy atom. The van der Waals surface area contributed by atoms with E-state index in [0.29, 0.717) is 0 Å². The fourth-order valence-electron chi connectivity index (χ4n) is 1.89. The molecule has 0 radical (unpaired) electrons. The number of hydrogen-bond donors (Lipinski definition) is 4. The topological polar surface area (TPSA) is 80.9 Å². The standard InChI is InChI=1S/C12H28OSi.3C4H10O.Ti/c1-4-7-10-14(13,11-8-5-2)12-9-6-3;3*1-4(2,3)5;/h13H,4-12H2,1-3H3;3*5H,1-3H3;. The van der Waals surface area contributed by atoms with Crippen LogP contribution in [-0.4, -0.2) is 45.2 Å². The van der Waals surface area contributed by atoms with Gasteiger partial charge in [-0.3, -0.25) is 0 Å². The summed E-state index contributed by atoms with van der Waals surface area (Å²) in [5.74, 6) is 0. The van der Waals surface area contributed by atoms with E-state index in [1.54, 1.807) is 62.3 Å². The fourth-order valence-corrected chi connectivity index (χ4v) is 5.68. The van der Waals surface area contributed by atoms with E-state index in [-0.39, 0.29) is 21.7 Å². The molecule has 4 nitrogen and oxygen atoms in total. The zero-order valence-electron chi connectivity index (χ0n) is 22.7. The van der Waals surface area contributed by atoms with Crippen molar-refractivity contribution in [2.45, 2.75) is 157 Å². The summed E-state index contributed by atoms with van der Waals surface area (Å²) in [6.45, 7) is 22.3. The Balaban J connectivity index is -0.000000108. The molecule has 0 atom stereocenters. The molecule has 0 amide bonds. The Labute approximate surface area is 206 Å². The van der Waals surface area contributed by atoms with Gasteiger partial charge in [-0.1, -0.05) is 59.3 Å². The number of aliphatic hydroxyl groups is 3. The summed E-state index contributed by atoms with van der Waals surface area (Å²) < 4.78 is 0. The summed E-state index contributed by atoms with van der Waals surface area (Å²) in [6, 6.07) is 3.43. The molecule has 0 aliphatic carbocycles. The predicted molar refractivity (Wildman–Crippen MR) is 133 cm³/mol. The van der Waals surface area contributed by atoms with Gasteiger partial charge in [-0.2, -0.15) is 0 Å². The Kier molecular flexibility index (Phi) is 29.6. The van der Waals surface area contributed by atoms with Gasteiger partial charge in [0, 0.05) is 21.7 Å². The van der Waals surface area contributed by atoms with Crippen molar-refractivity contribution in [2.24, 2.45) is 0 Å². The maximum absolute atomic E-state index is 10.5. The molecule has 0 fully saturated rings. The molecule has 0 heterocycles. The van der Waals surface area contributed by atoms with Crippen LogP contribution in [0.5, 0.6) is 0 Å². The van der Waals surface area contributed by atoms with Gasteiger partial charge in [-0.15, -0.1) is 0 Å². The third-order valence-corrected chi connectivity index (χ3v) is 6.84. The largest absolute Gasteiger partial charge is 0.432 e. The van der Waals surface area contributed by atoms with Gasteiger partial charge in [-0.25, -0.2) is 0 Å². The second-order valence-electron chi connectivity index (χ2n) is 11.0. The molecule has 0 saturated carbocycles. The van der Waals surface area contributed by atoms with Crippen molar-refractivity contribution in [3.05, 3.63) is 0 Å². The summed E-state index contributed by atoms with van der Waals surface area (Å²) in [6.07, 6.45) is 7.39. The summed E-state index contributed by atoms with van der Waals surface area (Å²) in [7, 11) is -1.81. The molecule has 30 heavy (non-hydrogen) atoms. The molecular weight excluding hydrogens is 428 g/mol. The molecule has 0 rings (SSSR count). The van der Waals surface area contributed by atoms with E-state index < -0.39 is 25.1 Å². The van der Waals surface area contributed by atoms with Crippen LogP contribution in [0.2, 0.25) is 18.1 Å². The maximum atomic E-state index is 10.5. The minimum absolute atomic E-state index is 0. The van der Waals surface area contributed by atoms with Crippen molar-refractivity contribution in [1.82, 2.24) is 0 Å². The van der Waals surface area contributed by atoms with Crippen LogP contribution in [0.25, 0.3) is 0 Å². The van der Waals surface area contributed by atoms with Crippen molar-refractivity contribution in [1.29, 1.82) is 0 Å². The molecular formula is C24H58O4SiTi. The van der Waals surface area contributed by atoms with E-state index in [4.69, 9.17) is 15.3 Å². The van der Waals surface area contributed by atoms with Crippen molar-refractivity contribution in [3.8, 4) is 0 Å². The molecule has 0 aliphatic rings. The van der Waals surface area contributed by atoms with Crippen molar-refractivity contribution in [2.75, 3.05) is 0 Å². The van der Waals surface area contributed by atoms with Crippen LogP contribution in [0.15, 0.2) is 0 Å². The zero-order valence-corrected chi connectivity index (χ0v) is 25.2. The van der Waals surface area contributed by atoms with Gasteiger partial charge in [0.05, 0.1) is 16.8 Å². The Morgan fingerprint density at radius 2 is 0.633 bits per heavy atom. The minimum Gasteiger partial charge on any atom is -0.432 e. The average molecular weight is 487 g/mol. The first-order valence-electron chi connectivity index (χ1n) is 11.6. The molecule has 0 unspecified atom stereocenters. The molecule has 0 saturated heterocycles. The molecule has 0 bridgehead atoms. The van der Waals surface area contributed by atoms with Crippen LogP contribution in [0.1, 0.15) is 122 Å². The monoisotopic (exact) mass is 486 g/mol. The quantitative estimate of drug-likeness (QED) is 0.275. The van der Waals surface area contributed by atoms with Crippen LogP contribution in [0.3, 0.4) is 0 Å². The first kappa shape index (κ1) is 41.1. The van der Waals surface area contributed by atoms with E-state index >= 15 is 0 Å². The molecule has 186 valence electrons. The second kappa shape index (κ2) is 21.6. The third kappa shape index (κ3) is 89.2. The van der Waals surface area contributed by atoms with E-state index in [1.165, 1.54) is 38.5 Å². The summed E-state index contributed by atoms with van der Waals surface area (Å²) >= 11 is 0. The minimum atomic E-state index is -1.81. The number of rotatable bonds is 9. The molecule has 0 aromatic carbocycles. The number of unbranched alkanes of at least 4 members (excludes halogenated alkanes) is 3. The third-order valence-electron chi connectivity index (χ3n) is 2.99. The molecule has 6 heteroatoms. The first-order chi connectivity index (χ1) is 12.7. The molecule has 0 aliphatic heterocycles. The number of hydrogen-bond acceptors (Lipinski definition) is 4. The Morgan fingerprint density at radius 3 is 0.733 bits per heavy atom. The predicted octanol–water partition coefficient (Wildman–Crippen LogP) is 6.65. The molecule has 0 aromatic rings. The second-order valence-corrected chi connectivity index (χ2v) is 15.0. The average Bonchev–Trinajstić information content (AvgIpc) is 2.44. The van der Waals surface area contributed by atoms with Crippen LogP contribution in [0, 0.1) is 0 Å². The van der Waals surface area contributed by atoms with Crippen molar-refractivity contribution >= 4 is 8.32 Å². The van der Waals surface area contributed by atoms with E-state index in [9.17, 15) is 4.80 Å². The molecule has 0 spiro atoms. The van der Waals surface area contributed by atoms with Crippen LogP contribution < -0.4 is 0 Å². The van der Waals surface area contributed by atoms with Gasteiger partial charge >= 0.3 is 0 Å². The normalized spacial score (nSPS) is 11.6. The smallest absolute Gasteiger partial charge is 0.188 e. The van der Waals surface area contributed by atoms with E-state index in [1.807, 2.05) is 0 Å². The fraction of sp³-hybridized carbons (Fsp3) is 1.00. The van der Waals surface area contributed by atoms with Crippen LogP contribution in [0.4, 0.5) is 0 Å². The van der Waals surface area contributed by atoms with Gasteiger partial charge in [-0.05, 0) is 80.4 Å². The summed E-state index contributed by atoms with van der Waals surface area (Å²) in [4.78, 5) is 10.5. The molecule has 4 N–H and O–H groups in total. The van der Waals surface area contributed by atoms with Gasteiger partial charge in [0.2, 0.25) is 0 Å². The van der Waals surface area contributed by atoms with Crippen LogP contribution in [-0.2, 0) is 21.7 Å². The van der Waals surface area contributed by atoms with Gasteiger partial charge in [0.1, 0.15) is 0 Å². The summed E-state index contributed by atoms with van der Waals surface area (Å²) in [5, 5.41) is 25.6. The van der Waals surface area contributed by atoms with Crippen molar-refractivity contribution in [3.63, 3.8) is 0 Å². The Bertz CT molecular complexity index is 263. The Hall–Kier alpha value is 0.771. The van der Waals surface area contributed by atoms with Gasteiger partial charge in [0.15, 0.2) is 8.32 Å². The molecule has 0 aromatic heterocycles. The maximum Gasteiger partial charge on any atom is 0.188 e. The first-order valence-corrected chi connectivity index (χ1v) is 14.1. The van der Waals surface area contributed by atoms with Gasteiger partial charge < -0.3 is 20.1 Å². The van der Waals surface area contributed by atoms with Crippen LogP contribution >= 0.6 is 0 Å².